The summed E-state index contributed by atoms with van der Waals surface area (Å²) < 4.78 is 9.55. The summed E-state index contributed by atoms with van der Waals surface area (Å²) in [4.78, 5) is 22.2. The van der Waals surface area contributed by atoms with Crippen LogP contribution < -0.4 is 0 Å². The second-order valence-electron chi connectivity index (χ2n) is 3.43. The van der Waals surface area contributed by atoms with Gasteiger partial charge in [0.15, 0.2) is 0 Å². The van der Waals surface area contributed by atoms with Crippen LogP contribution in [0.2, 0.25) is 0 Å². The third kappa shape index (κ3) is 10.1. The largest absolute Gasteiger partial charge is 0.464 e. The molecule has 0 spiro atoms. The highest BCUT2D eigenvalue weighted by Crippen LogP contribution is 2.01. The normalized spacial score (nSPS) is 14.0. The summed E-state index contributed by atoms with van der Waals surface area (Å²) in [5.74, 6) is -0.910. The Hall–Kier alpha value is -0.480. The SMILES string of the molecule is CC(Cl)COC(=O)CCC(=O)OCC(C)Cl. The van der Waals surface area contributed by atoms with Gasteiger partial charge in [0.1, 0.15) is 13.2 Å². The summed E-state index contributed by atoms with van der Waals surface area (Å²) in [6.07, 6.45) is -0.00177. The van der Waals surface area contributed by atoms with E-state index in [2.05, 4.69) is 0 Å². The standard InChI is InChI=1S/C10H16Cl2O4/c1-7(11)5-15-9(13)3-4-10(14)16-6-8(2)12/h7-8H,3-6H2,1-2H3. The van der Waals surface area contributed by atoms with Crippen LogP contribution in [0, 0.1) is 0 Å². The Kier molecular flexibility index (Phi) is 8.39. The minimum Gasteiger partial charge on any atom is -0.464 e. The molecule has 0 heterocycles. The number of alkyl halides is 2. The van der Waals surface area contributed by atoms with Gasteiger partial charge in [-0.05, 0) is 13.8 Å². The van der Waals surface area contributed by atoms with E-state index in [9.17, 15) is 9.59 Å². The molecule has 0 aliphatic carbocycles. The zero-order chi connectivity index (χ0) is 12.6. The van der Waals surface area contributed by atoms with Gasteiger partial charge >= 0.3 is 11.9 Å². The van der Waals surface area contributed by atoms with Crippen LogP contribution in [0.1, 0.15) is 26.7 Å². The van der Waals surface area contributed by atoms with Gasteiger partial charge in [-0.3, -0.25) is 9.59 Å². The Labute approximate surface area is 105 Å². The molecule has 0 aromatic carbocycles. The van der Waals surface area contributed by atoms with Crippen LogP contribution in [-0.2, 0) is 19.1 Å². The van der Waals surface area contributed by atoms with Crippen molar-refractivity contribution in [1.29, 1.82) is 0 Å². The van der Waals surface area contributed by atoms with Crippen LogP contribution in [0.25, 0.3) is 0 Å². The smallest absolute Gasteiger partial charge is 0.306 e. The monoisotopic (exact) mass is 270 g/mol. The average molecular weight is 271 g/mol. The van der Waals surface area contributed by atoms with E-state index in [-0.39, 0.29) is 36.8 Å². The highest BCUT2D eigenvalue weighted by atomic mass is 35.5. The van der Waals surface area contributed by atoms with Gasteiger partial charge in [0.25, 0.3) is 0 Å². The van der Waals surface area contributed by atoms with Crippen molar-refractivity contribution in [3.05, 3.63) is 0 Å². The van der Waals surface area contributed by atoms with Gasteiger partial charge in [-0.25, -0.2) is 0 Å². The summed E-state index contributed by atoms with van der Waals surface area (Å²) in [7, 11) is 0. The second kappa shape index (κ2) is 8.65. The first kappa shape index (κ1) is 15.5. The molecule has 0 aliphatic rings. The minimum atomic E-state index is -0.455. The van der Waals surface area contributed by atoms with E-state index in [1.54, 1.807) is 13.8 Å². The fourth-order valence-electron chi connectivity index (χ4n) is 0.764. The van der Waals surface area contributed by atoms with Gasteiger partial charge in [0.2, 0.25) is 0 Å². The molecule has 94 valence electrons. The molecule has 2 unspecified atom stereocenters. The molecule has 0 rings (SSSR count). The van der Waals surface area contributed by atoms with E-state index >= 15 is 0 Å². The first-order chi connectivity index (χ1) is 7.41. The fraction of sp³-hybridized carbons (Fsp3) is 0.800. The molecular formula is C10H16Cl2O4. The summed E-state index contributed by atoms with van der Waals surface area (Å²) in [6.45, 7) is 3.72. The second-order valence-corrected chi connectivity index (χ2v) is 4.92. The van der Waals surface area contributed by atoms with Crippen LogP contribution in [0.5, 0.6) is 0 Å². The topological polar surface area (TPSA) is 52.6 Å². The third-order valence-electron chi connectivity index (χ3n) is 1.48. The number of carbonyl (C=O) groups excluding carboxylic acids is 2. The first-order valence-electron chi connectivity index (χ1n) is 5.01. The zero-order valence-electron chi connectivity index (χ0n) is 9.37. The van der Waals surface area contributed by atoms with Crippen LogP contribution in [0.4, 0.5) is 0 Å². The van der Waals surface area contributed by atoms with Gasteiger partial charge in [0.05, 0.1) is 23.6 Å². The number of hydrogen-bond acceptors (Lipinski definition) is 4. The Morgan fingerprint density at radius 2 is 1.25 bits per heavy atom. The van der Waals surface area contributed by atoms with Crippen molar-refractivity contribution in [3.8, 4) is 0 Å². The van der Waals surface area contributed by atoms with E-state index in [0.717, 1.165) is 0 Å². The first-order valence-corrected chi connectivity index (χ1v) is 5.88. The highest BCUT2D eigenvalue weighted by molar-refractivity contribution is 6.20. The van der Waals surface area contributed by atoms with Crippen LogP contribution >= 0.6 is 23.2 Å². The molecule has 0 aliphatic heterocycles. The summed E-state index contributed by atoms with van der Waals surface area (Å²) in [5.41, 5.74) is 0. The van der Waals surface area contributed by atoms with Crippen molar-refractivity contribution >= 4 is 35.1 Å². The average Bonchev–Trinajstić information content (AvgIpc) is 2.20. The summed E-state index contributed by atoms with van der Waals surface area (Å²) in [6, 6.07) is 0. The van der Waals surface area contributed by atoms with E-state index in [1.165, 1.54) is 0 Å². The molecule has 16 heavy (non-hydrogen) atoms. The number of esters is 2. The molecule has 0 aromatic heterocycles. The van der Waals surface area contributed by atoms with Gasteiger partial charge in [-0.15, -0.1) is 23.2 Å². The highest BCUT2D eigenvalue weighted by Gasteiger charge is 2.10. The van der Waals surface area contributed by atoms with Gasteiger partial charge in [-0.1, -0.05) is 0 Å². The van der Waals surface area contributed by atoms with Crippen LogP contribution in [0.15, 0.2) is 0 Å². The number of carbonyl (C=O) groups is 2. The van der Waals surface area contributed by atoms with Crippen molar-refractivity contribution in [2.45, 2.75) is 37.4 Å². The molecule has 0 saturated heterocycles. The van der Waals surface area contributed by atoms with E-state index in [0.29, 0.717) is 0 Å². The predicted molar refractivity (Wildman–Crippen MR) is 61.8 cm³/mol. The van der Waals surface area contributed by atoms with Crippen molar-refractivity contribution in [2.75, 3.05) is 13.2 Å². The lowest BCUT2D eigenvalue weighted by molar-refractivity contribution is -0.150. The van der Waals surface area contributed by atoms with Gasteiger partial charge in [-0.2, -0.15) is 0 Å². The molecule has 0 saturated carbocycles. The van der Waals surface area contributed by atoms with E-state index < -0.39 is 11.9 Å². The lowest BCUT2D eigenvalue weighted by atomic mass is 10.3. The molecule has 4 nitrogen and oxygen atoms in total. The Morgan fingerprint density at radius 3 is 1.50 bits per heavy atom. The molecule has 0 N–H and O–H groups in total. The van der Waals surface area contributed by atoms with Crippen LogP contribution in [-0.4, -0.2) is 35.9 Å². The molecule has 0 amide bonds. The maximum Gasteiger partial charge on any atom is 0.306 e. The molecule has 0 bridgehead atoms. The Bertz CT molecular complexity index is 205. The van der Waals surface area contributed by atoms with Crippen molar-refractivity contribution < 1.29 is 19.1 Å². The molecule has 6 heteroatoms. The molecular weight excluding hydrogens is 255 g/mol. The number of rotatable bonds is 7. The van der Waals surface area contributed by atoms with Crippen molar-refractivity contribution in [3.63, 3.8) is 0 Å². The maximum absolute atomic E-state index is 11.1. The molecule has 2 atom stereocenters. The fourth-order valence-corrected chi connectivity index (χ4v) is 0.890. The van der Waals surface area contributed by atoms with Crippen LogP contribution in [0.3, 0.4) is 0 Å². The predicted octanol–water partition coefficient (Wildman–Crippen LogP) is 2.11. The zero-order valence-corrected chi connectivity index (χ0v) is 10.9. The number of halogens is 2. The van der Waals surface area contributed by atoms with Crippen molar-refractivity contribution in [1.82, 2.24) is 0 Å². The lowest BCUT2D eigenvalue weighted by Crippen LogP contribution is -2.15. The molecule has 0 aromatic rings. The number of hydrogen-bond donors (Lipinski definition) is 0. The summed E-state index contributed by atoms with van der Waals surface area (Å²) in [5, 5.41) is -0.457. The van der Waals surface area contributed by atoms with E-state index in [4.69, 9.17) is 32.7 Å². The Balaban J connectivity index is 3.55. The van der Waals surface area contributed by atoms with Gasteiger partial charge in [0, 0.05) is 0 Å². The quantitative estimate of drug-likeness (QED) is 0.525. The molecule has 0 fully saturated rings. The van der Waals surface area contributed by atoms with Crippen molar-refractivity contribution in [2.24, 2.45) is 0 Å². The third-order valence-corrected chi connectivity index (χ3v) is 1.73. The number of ether oxygens (including phenoxy) is 2. The van der Waals surface area contributed by atoms with Gasteiger partial charge < -0.3 is 9.47 Å². The van der Waals surface area contributed by atoms with E-state index in [1.807, 2.05) is 0 Å². The minimum absolute atomic E-state index is 0.000884. The Morgan fingerprint density at radius 1 is 0.938 bits per heavy atom. The maximum atomic E-state index is 11.1. The summed E-state index contributed by atoms with van der Waals surface area (Å²) >= 11 is 11.2. The molecule has 0 radical (unpaired) electrons. The lowest BCUT2D eigenvalue weighted by Gasteiger charge is -2.07.